The first kappa shape index (κ1) is 16.3. The highest BCUT2D eigenvalue weighted by Gasteiger charge is 2.43. The fourth-order valence-corrected chi connectivity index (χ4v) is 2.48. The SMILES string of the molecule is COc1ccc(Cl)cc1C[NH+](C)CN1C(=O)C(=O)N(C)C1=O. The van der Waals surface area contributed by atoms with E-state index >= 15 is 0 Å². The lowest BCUT2D eigenvalue weighted by Gasteiger charge is -2.20. The van der Waals surface area contributed by atoms with Gasteiger partial charge in [-0.2, -0.15) is 0 Å². The molecule has 0 bridgehead atoms. The molecule has 1 N–H and O–H groups in total. The number of carbonyl (C=O) groups is 3. The second kappa shape index (κ2) is 6.33. The normalized spacial score (nSPS) is 16.5. The van der Waals surface area contributed by atoms with Gasteiger partial charge in [-0.1, -0.05) is 11.6 Å². The number of carbonyl (C=O) groups excluding carboxylic acids is 3. The van der Waals surface area contributed by atoms with E-state index in [2.05, 4.69) is 0 Å². The van der Waals surface area contributed by atoms with E-state index in [9.17, 15) is 14.4 Å². The standard InChI is InChI=1S/C14H16ClN3O4/c1-16(7-9-6-10(15)4-5-11(9)22-3)8-18-13(20)12(19)17(2)14(18)21/h4-6H,7-8H2,1-3H3/p+1. The van der Waals surface area contributed by atoms with Gasteiger partial charge in [0.15, 0.2) is 6.67 Å². The number of quaternary nitrogens is 1. The number of rotatable bonds is 5. The fourth-order valence-electron chi connectivity index (χ4n) is 2.29. The van der Waals surface area contributed by atoms with Gasteiger partial charge >= 0.3 is 17.8 Å². The highest BCUT2D eigenvalue weighted by atomic mass is 35.5. The van der Waals surface area contributed by atoms with E-state index in [1.54, 1.807) is 25.3 Å². The first-order chi connectivity index (χ1) is 10.3. The van der Waals surface area contributed by atoms with Crippen LogP contribution in [0.15, 0.2) is 18.2 Å². The largest absolute Gasteiger partial charge is 0.496 e. The molecule has 1 atom stereocenters. The Morgan fingerprint density at radius 1 is 1.23 bits per heavy atom. The smallest absolute Gasteiger partial charge is 0.338 e. The Morgan fingerprint density at radius 2 is 1.91 bits per heavy atom. The zero-order valence-electron chi connectivity index (χ0n) is 12.6. The van der Waals surface area contributed by atoms with Crippen molar-refractivity contribution in [1.82, 2.24) is 9.80 Å². The van der Waals surface area contributed by atoms with E-state index in [-0.39, 0.29) is 6.67 Å². The molecule has 0 saturated carbocycles. The van der Waals surface area contributed by atoms with Crippen LogP contribution in [0.25, 0.3) is 0 Å². The zero-order chi connectivity index (χ0) is 16.4. The number of nitrogens with zero attached hydrogens (tertiary/aromatic N) is 2. The van der Waals surface area contributed by atoms with Gasteiger partial charge in [0.2, 0.25) is 0 Å². The molecule has 1 aliphatic rings. The first-order valence-electron chi connectivity index (χ1n) is 6.62. The Morgan fingerprint density at radius 3 is 2.45 bits per heavy atom. The number of likely N-dealkylation sites (N-methyl/N-ethyl adjacent to an activating group) is 1. The molecule has 0 aromatic heterocycles. The summed E-state index contributed by atoms with van der Waals surface area (Å²) in [5, 5.41) is 0.576. The van der Waals surface area contributed by atoms with Crippen molar-refractivity contribution in [1.29, 1.82) is 0 Å². The van der Waals surface area contributed by atoms with Crippen LogP contribution in [0.5, 0.6) is 5.75 Å². The van der Waals surface area contributed by atoms with Crippen LogP contribution in [-0.2, 0) is 16.1 Å². The molecule has 1 aromatic rings. The number of nitrogens with one attached hydrogen (secondary N) is 1. The predicted molar refractivity (Wildman–Crippen MR) is 78.5 cm³/mol. The van der Waals surface area contributed by atoms with Crippen LogP contribution >= 0.6 is 11.6 Å². The number of amides is 4. The van der Waals surface area contributed by atoms with Gasteiger partial charge < -0.3 is 9.64 Å². The van der Waals surface area contributed by atoms with Crippen molar-refractivity contribution in [2.45, 2.75) is 6.54 Å². The maximum Gasteiger partial charge on any atom is 0.338 e. The average Bonchev–Trinajstić information content (AvgIpc) is 2.65. The summed E-state index contributed by atoms with van der Waals surface area (Å²) in [6.45, 7) is 0.572. The topological polar surface area (TPSA) is 71.4 Å². The predicted octanol–water partition coefficient (Wildman–Crippen LogP) is -0.259. The number of hydrogen-bond donors (Lipinski definition) is 1. The van der Waals surface area contributed by atoms with E-state index in [1.165, 1.54) is 7.05 Å². The minimum atomic E-state index is -0.807. The molecule has 8 heteroatoms. The van der Waals surface area contributed by atoms with Gasteiger partial charge in [-0.05, 0) is 18.2 Å². The van der Waals surface area contributed by atoms with E-state index in [1.807, 2.05) is 7.05 Å². The Balaban J connectivity index is 2.09. The van der Waals surface area contributed by atoms with Crippen LogP contribution in [0.1, 0.15) is 5.56 Å². The molecule has 1 fully saturated rings. The molecule has 2 rings (SSSR count). The molecule has 7 nitrogen and oxygen atoms in total. The summed E-state index contributed by atoms with van der Waals surface area (Å²) in [5.74, 6) is -0.931. The molecule has 1 heterocycles. The molecule has 1 aromatic carbocycles. The maximum absolute atomic E-state index is 11.8. The lowest BCUT2D eigenvalue weighted by atomic mass is 10.2. The van der Waals surface area contributed by atoms with Gasteiger partial charge in [0.25, 0.3) is 0 Å². The van der Waals surface area contributed by atoms with E-state index in [0.29, 0.717) is 17.3 Å². The van der Waals surface area contributed by atoms with Gasteiger partial charge in [-0.25, -0.2) is 9.69 Å². The summed E-state index contributed by atoms with van der Waals surface area (Å²) in [5.41, 5.74) is 0.853. The summed E-state index contributed by atoms with van der Waals surface area (Å²) in [4.78, 5) is 37.7. The van der Waals surface area contributed by atoms with Crippen molar-refractivity contribution in [2.75, 3.05) is 27.9 Å². The molecule has 1 saturated heterocycles. The monoisotopic (exact) mass is 326 g/mol. The van der Waals surface area contributed by atoms with Crippen molar-refractivity contribution >= 4 is 29.4 Å². The third-order valence-corrected chi connectivity index (χ3v) is 3.65. The molecule has 0 aliphatic carbocycles. The molecule has 0 spiro atoms. The number of methoxy groups -OCH3 is 1. The van der Waals surface area contributed by atoms with Crippen LogP contribution in [0.3, 0.4) is 0 Å². The van der Waals surface area contributed by atoms with E-state index in [4.69, 9.17) is 16.3 Å². The summed E-state index contributed by atoms with van der Waals surface area (Å²) in [6.07, 6.45) is 0. The van der Waals surface area contributed by atoms with Crippen molar-refractivity contribution in [3.63, 3.8) is 0 Å². The third-order valence-electron chi connectivity index (χ3n) is 3.41. The second-order valence-electron chi connectivity index (χ2n) is 5.13. The number of imide groups is 2. The molecule has 1 aliphatic heterocycles. The molecule has 22 heavy (non-hydrogen) atoms. The fraction of sp³-hybridized carbons (Fsp3) is 0.357. The lowest BCUT2D eigenvalue weighted by molar-refractivity contribution is -0.901. The second-order valence-corrected chi connectivity index (χ2v) is 5.56. The molecular weight excluding hydrogens is 310 g/mol. The quantitative estimate of drug-likeness (QED) is 0.598. The summed E-state index contributed by atoms with van der Waals surface area (Å²) < 4.78 is 5.27. The molecule has 4 amide bonds. The molecule has 0 radical (unpaired) electrons. The highest BCUT2D eigenvalue weighted by Crippen LogP contribution is 2.21. The van der Waals surface area contributed by atoms with E-state index in [0.717, 1.165) is 20.3 Å². The zero-order valence-corrected chi connectivity index (χ0v) is 13.3. The van der Waals surface area contributed by atoms with Gasteiger partial charge in [0.1, 0.15) is 12.3 Å². The van der Waals surface area contributed by atoms with Gasteiger partial charge in [0, 0.05) is 17.6 Å². The Labute approximate surface area is 133 Å². The van der Waals surface area contributed by atoms with Crippen molar-refractivity contribution in [2.24, 2.45) is 0 Å². The summed E-state index contributed by atoms with van der Waals surface area (Å²) in [6, 6.07) is 4.65. The summed E-state index contributed by atoms with van der Waals surface area (Å²) >= 11 is 5.98. The lowest BCUT2D eigenvalue weighted by Crippen LogP contribution is -3.09. The number of benzene rings is 1. The average molecular weight is 327 g/mol. The minimum Gasteiger partial charge on any atom is -0.496 e. The number of urea groups is 1. The maximum atomic E-state index is 11.8. The van der Waals surface area contributed by atoms with Crippen molar-refractivity contribution < 1.29 is 24.0 Å². The van der Waals surface area contributed by atoms with Crippen LogP contribution in [0.2, 0.25) is 5.02 Å². The van der Waals surface area contributed by atoms with Gasteiger partial charge in [0.05, 0.1) is 14.2 Å². The van der Waals surface area contributed by atoms with Crippen LogP contribution in [-0.4, -0.2) is 55.5 Å². The van der Waals surface area contributed by atoms with Crippen LogP contribution < -0.4 is 9.64 Å². The Bertz CT molecular complexity index is 635. The molecule has 1 unspecified atom stereocenters. The van der Waals surface area contributed by atoms with Crippen molar-refractivity contribution in [3.05, 3.63) is 28.8 Å². The number of ether oxygens (including phenoxy) is 1. The number of halogens is 1. The van der Waals surface area contributed by atoms with E-state index < -0.39 is 17.8 Å². The van der Waals surface area contributed by atoms with Crippen LogP contribution in [0, 0.1) is 0 Å². The van der Waals surface area contributed by atoms with Gasteiger partial charge in [-0.15, -0.1) is 0 Å². The third kappa shape index (κ3) is 3.05. The number of hydrogen-bond acceptors (Lipinski definition) is 4. The minimum absolute atomic E-state index is 0.0867. The van der Waals surface area contributed by atoms with Crippen LogP contribution in [0.4, 0.5) is 4.79 Å². The highest BCUT2D eigenvalue weighted by molar-refractivity contribution is 6.44. The Hall–Kier alpha value is -2.12. The molecule has 118 valence electrons. The Kier molecular flexibility index (Phi) is 4.68. The van der Waals surface area contributed by atoms with Gasteiger partial charge in [-0.3, -0.25) is 14.5 Å². The molecular formula is C14H17ClN3O4+. The van der Waals surface area contributed by atoms with Crippen molar-refractivity contribution in [3.8, 4) is 5.75 Å². The summed E-state index contributed by atoms with van der Waals surface area (Å²) in [7, 11) is 4.66. The first-order valence-corrected chi connectivity index (χ1v) is 7.00.